The first-order chi connectivity index (χ1) is 16.6. The Morgan fingerprint density at radius 3 is 2.65 bits per heavy atom. The fourth-order valence-electron chi connectivity index (χ4n) is 4.30. The normalized spacial score (nSPS) is 17.0. The lowest BCUT2D eigenvalue weighted by Gasteiger charge is -2.33. The number of aliphatic hydroxyl groups excluding tert-OH is 2. The van der Waals surface area contributed by atoms with E-state index in [0.717, 1.165) is 41.0 Å². The smallest absolute Gasteiger partial charge is 0.253 e. The quantitative estimate of drug-likeness (QED) is 0.456. The van der Waals surface area contributed by atoms with Gasteiger partial charge in [0.2, 0.25) is 0 Å². The Morgan fingerprint density at radius 2 is 1.88 bits per heavy atom. The average molecular weight is 460 g/mol. The van der Waals surface area contributed by atoms with Crippen molar-refractivity contribution in [3.63, 3.8) is 0 Å². The second kappa shape index (κ2) is 9.58. The molecule has 0 aliphatic carbocycles. The molecule has 1 saturated heterocycles. The number of aromatic nitrogens is 4. The average Bonchev–Trinajstić information content (AvgIpc) is 3.29. The maximum Gasteiger partial charge on any atom is 0.253 e. The third kappa shape index (κ3) is 4.35. The minimum atomic E-state index is -1.40. The predicted octanol–water partition coefficient (Wildman–Crippen LogP) is 2.80. The zero-order valence-corrected chi connectivity index (χ0v) is 18.5. The number of para-hydroxylation sites is 1. The van der Waals surface area contributed by atoms with Gasteiger partial charge in [-0.25, -0.2) is 14.6 Å². The zero-order chi connectivity index (χ0) is 23.5. The Hall–Kier alpha value is -3.82. The highest BCUT2D eigenvalue weighted by Gasteiger charge is 2.30. The van der Waals surface area contributed by atoms with Crippen LogP contribution in [0.5, 0.6) is 11.5 Å². The highest BCUT2D eigenvalue weighted by Crippen LogP contribution is 2.32. The summed E-state index contributed by atoms with van der Waals surface area (Å²) in [5, 5.41) is 24.6. The largest absolute Gasteiger partial charge is 0.457 e. The van der Waals surface area contributed by atoms with Crippen LogP contribution >= 0.6 is 0 Å². The summed E-state index contributed by atoms with van der Waals surface area (Å²) in [5.74, 6) is 1.02. The second-order valence-corrected chi connectivity index (χ2v) is 8.27. The minimum Gasteiger partial charge on any atom is -0.457 e. The summed E-state index contributed by atoms with van der Waals surface area (Å²) in [6, 6.07) is 17.2. The zero-order valence-electron chi connectivity index (χ0n) is 18.5. The van der Waals surface area contributed by atoms with Gasteiger partial charge in [0.25, 0.3) is 5.91 Å². The molecule has 2 aromatic heterocycles. The van der Waals surface area contributed by atoms with Crippen molar-refractivity contribution in [1.29, 1.82) is 0 Å². The molecule has 2 unspecified atom stereocenters. The Balaban J connectivity index is 1.43. The second-order valence-electron chi connectivity index (χ2n) is 8.27. The van der Waals surface area contributed by atoms with Crippen molar-refractivity contribution in [3.8, 4) is 22.8 Å². The molecule has 1 fully saturated rings. The third-order valence-corrected chi connectivity index (χ3v) is 5.99. The van der Waals surface area contributed by atoms with Crippen molar-refractivity contribution in [3.05, 3.63) is 67.1 Å². The van der Waals surface area contributed by atoms with Crippen LogP contribution < -0.4 is 4.74 Å². The van der Waals surface area contributed by atoms with Gasteiger partial charge in [-0.1, -0.05) is 18.2 Å². The fraction of sp³-hybridized carbons (Fsp3) is 0.280. The fourth-order valence-corrected chi connectivity index (χ4v) is 4.30. The molecule has 9 nitrogen and oxygen atoms in total. The highest BCUT2D eigenvalue weighted by atomic mass is 16.5. The van der Waals surface area contributed by atoms with Crippen molar-refractivity contribution in [1.82, 2.24) is 24.6 Å². The van der Waals surface area contributed by atoms with Crippen LogP contribution in [-0.4, -0.2) is 66.6 Å². The van der Waals surface area contributed by atoms with Gasteiger partial charge >= 0.3 is 0 Å². The minimum absolute atomic E-state index is 0.101. The molecule has 0 bridgehead atoms. The molecule has 2 atom stereocenters. The first kappa shape index (κ1) is 22.0. The number of hydrogen-bond donors (Lipinski definition) is 2. The Labute approximate surface area is 196 Å². The lowest BCUT2D eigenvalue weighted by molar-refractivity contribution is -0.143. The predicted molar refractivity (Wildman–Crippen MR) is 125 cm³/mol. The van der Waals surface area contributed by atoms with E-state index in [9.17, 15) is 9.90 Å². The standard InChI is InChI=1S/C25H25N5O4/c31-15-22(32)25(33)29-12-4-5-18(14-29)30-24-21(13-26-16-27-24)23(28-30)17-8-10-20(11-9-17)34-19-6-2-1-3-7-19/h1-3,6-11,13,16,18,22,31-32H,4-5,12,14-15H2. The molecule has 34 heavy (non-hydrogen) atoms. The number of fused-ring (bicyclic) bond motifs is 1. The van der Waals surface area contributed by atoms with Crippen LogP contribution in [0, 0.1) is 0 Å². The lowest BCUT2D eigenvalue weighted by atomic mass is 10.1. The highest BCUT2D eigenvalue weighted by molar-refractivity contribution is 5.90. The van der Waals surface area contributed by atoms with E-state index < -0.39 is 18.6 Å². The van der Waals surface area contributed by atoms with Gasteiger partial charge in [-0.05, 0) is 49.2 Å². The van der Waals surface area contributed by atoms with E-state index in [1.807, 2.05) is 59.3 Å². The van der Waals surface area contributed by atoms with E-state index in [1.54, 1.807) is 11.1 Å². The summed E-state index contributed by atoms with van der Waals surface area (Å²) in [6.45, 7) is 0.336. The maximum absolute atomic E-state index is 12.4. The monoisotopic (exact) mass is 459 g/mol. The van der Waals surface area contributed by atoms with E-state index in [-0.39, 0.29) is 6.04 Å². The molecule has 0 radical (unpaired) electrons. The number of piperidine rings is 1. The molecule has 9 heteroatoms. The third-order valence-electron chi connectivity index (χ3n) is 5.99. The summed E-state index contributed by atoms with van der Waals surface area (Å²) in [6.07, 6.45) is 3.42. The number of ether oxygens (including phenoxy) is 1. The van der Waals surface area contributed by atoms with Crippen LogP contribution in [0.3, 0.4) is 0 Å². The van der Waals surface area contributed by atoms with Gasteiger partial charge in [-0.2, -0.15) is 5.10 Å². The Bertz CT molecular complexity index is 1280. The van der Waals surface area contributed by atoms with Crippen LogP contribution in [0.15, 0.2) is 67.1 Å². The molecular weight excluding hydrogens is 434 g/mol. The molecule has 1 aliphatic rings. The molecule has 4 aromatic rings. The van der Waals surface area contributed by atoms with Crippen LogP contribution in [0.4, 0.5) is 0 Å². The van der Waals surface area contributed by atoms with Gasteiger partial charge in [0.15, 0.2) is 11.8 Å². The summed E-state index contributed by atoms with van der Waals surface area (Å²) in [5.41, 5.74) is 2.34. The number of likely N-dealkylation sites (tertiary alicyclic amines) is 1. The molecule has 3 heterocycles. The van der Waals surface area contributed by atoms with E-state index in [2.05, 4.69) is 9.97 Å². The molecule has 5 rings (SSSR count). The first-order valence-corrected chi connectivity index (χ1v) is 11.2. The molecule has 1 aliphatic heterocycles. The van der Waals surface area contributed by atoms with E-state index in [0.29, 0.717) is 18.7 Å². The van der Waals surface area contributed by atoms with Crippen LogP contribution in [0.1, 0.15) is 18.9 Å². The Kier molecular flexibility index (Phi) is 6.20. The number of benzene rings is 2. The SMILES string of the molecule is O=C(C(O)CO)N1CCCC(n2nc(-c3ccc(Oc4ccccc4)cc3)c3cncnc32)C1. The molecule has 2 N–H and O–H groups in total. The van der Waals surface area contributed by atoms with Gasteiger partial charge in [0, 0.05) is 24.8 Å². The van der Waals surface area contributed by atoms with Crippen LogP contribution in [0.2, 0.25) is 0 Å². The summed E-state index contributed by atoms with van der Waals surface area (Å²) in [4.78, 5) is 22.7. The van der Waals surface area contributed by atoms with Crippen molar-refractivity contribution in [2.75, 3.05) is 19.7 Å². The number of hydrogen-bond acceptors (Lipinski definition) is 7. The summed E-state index contributed by atoms with van der Waals surface area (Å²) >= 11 is 0. The number of rotatable bonds is 6. The molecule has 1 amide bonds. The van der Waals surface area contributed by atoms with Crippen LogP contribution in [0.25, 0.3) is 22.3 Å². The molecule has 174 valence electrons. The molecule has 2 aromatic carbocycles. The number of aliphatic hydroxyl groups is 2. The van der Waals surface area contributed by atoms with Crippen LogP contribution in [-0.2, 0) is 4.79 Å². The van der Waals surface area contributed by atoms with Gasteiger partial charge in [-0.15, -0.1) is 0 Å². The number of amides is 1. The number of nitrogens with zero attached hydrogens (tertiary/aromatic N) is 5. The van der Waals surface area contributed by atoms with Crippen molar-refractivity contribution in [2.45, 2.75) is 25.0 Å². The molecular formula is C25H25N5O4. The summed E-state index contributed by atoms with van der Waals surface area (Å²) < 4.78 is 7.75. The van der Waals surface area contributed by atoms with Crippen molar-refractivity contribution < 1.29 is 19.7 Å². The maximum atomic E-state index is 12.4. The van der Waals surface area contributed by atoms with Gasteiger partial charge in [-0.3, -0.25) is 4.79 Å². The van der Waals surface area contributed by atoms with Crippen molar-refractivity contribution in [2.24, 2.45) is 0 Å². The number of carbonyl (C=O) groups is 1. The van der Waals surface area contributed by atoms with Gasteiger partial charge < -0.3 is 19.8 Å². The van der Waals surface area contributed by atoms with E-state index >= 15 is 0 Å². The van der Waals surface area contributed by atoms with Gasteiger partial charge in [0.05, 0.1) is 18.0 Å². The molecule has 0 saturated carbocycles. The summed E-state index contributed by atoms with van der Waals surface area (Å²) in [7, 11) is 0. The van der Waals surface area contributed by atoms with Gasteiger partial charge in [0.1, 0.15) is 23.5 Å². The van der Waals surface area contributed by atoms with E-state index in [4.69, 9.17) is 14.9 Å². The van der Waals surface area contributed by atoms with Crippen molar-refractivity contribution >= 4 is 16.9 Å². The Morgan fingerprint density at radius 1 is 1.12 bits per heavy atom. The topological polar surface area (TPSA) is 114 Å². The first-order valence-electron chi connectivity index (χ1n) is 11.2. The number of carbonyl (C=O) groups excluding carboxylic acids is 1. The molecule has 0 spiro atoms. The lowest BCUT2D eigenvalue weighted by Crippen LogP contribution is -2.46. The van der Waals surface area contributed by atoms with E-state index in [1.165, 1.54) is 6.33 Å².